The second-order valence-corrected chi connectivity index (χ2v) is 10.0. The third-order valence-electron chi connectivity index (χ3n) is 6.46. The zero-order valence-electron chi connectivity index (χ0n) is 19.2. The Kier molecular flexibility index (Phi) is 7.85. The van der Waals surface area contributed by atoms with Crippen molar-refractivity contribution in [2.24, 2.45) is 5.92 Å². The first-order valence-electron chi connectivity index (χ1n) is 11.8. The van der Waals surface area contributed by atoms with Crippen molar-refractivity contribution in [1.82, 2.24) is 14.9 Å². The van der Waals surface area contributed by atoms with Crippen LogP contribution >= 0.6 is 11.8 Å². The molecule has 1 N–H and O–H groups in total. The average Bonchev–Trinajstić information content (AvgIpc) is 3.33. The van der Waals surface area contributed by atoms with E-state index in [4.69, 9.17) is 4.98 Å². The molecule has 0 radical (unpaired) electrons. The summed E-state index contributed by atoms with van der Waals surface area (Å²) in [6.07, 6.45) is 7.70. The van der Waals surface area contributed by atoms with Gasteiger partial charge in [0.05, 0.1) is 5.56 Å². The lowest BCUT2D eigenvalue weighted by atomic mass is 9.95. The quantitative estimate of drug-likeness (QED) is 0.578. The summed E-state index contributed by atoms with van der Waals surface area (Å²) in [6, 6.07) is 7.88. The summed E-state index contributed by atoms with van der Waals surface area (Å²) in [6.45, 7) is 5.13. The molecule has 2 saturated heterocycles. The molecular formula is C25H32N4O3S. The summed E-state index contributed by atoms with van der Waals surface area (Å²) in [5.74, 6) is 1.50. The van der Waals surface area contributed by atoms with Crippen molar-refractivity contribution in [3.05, 3.63) is 47.8 Å². The van der Waals surface area contributed by atoms with Gasteiger partial charge < -0.3 is 14.9 Å². The minimum atomic E-state index is -0.745. The van der Waals surface area contributed by atoms with Crippen LogP contribution in [-0.4, -0.2) is 63.8 Å². The molecule has 4 rings (SSSR count). The molecule has 0 spiro atoms. The maximum atomic E-state index is 13.4. The maximum Gasteiger partial charge on any atom is 0.303 e. The smallest absolute Gasteiger partial charge is 0.303 e. The number of anilines is 1. The SMILES string of the molecule is CCCSc1nc(N2CCC[C@@H](CC(=O)O)C2)ccc1C(=O)N1CCC(c2cccnc2)C1. The minimum Gasteiger partial charge on any atom is -0.481 e. The molecule has 33 heavy (non-hydrogen) atoms. The van der Waals surface area contributed by atoms with Crippen molar-refractivity contribution in [3.8, 4) is 0 Å². The first kappa shape index (κ1) is 23.5. The van der Waals surface area contributed by atoms with Gasteiger partial charge in [0, 0.05) is 50.9 Å². The van der Waals surface area contributed by atoms with E-state index in [1.54, 1.807) is 18.0 Å². The van der Waals surface area contributed by atoms with Crippen LogP contribution in [-0.2, 0) is 4.79 Å². The van der Waals surface area contributed by atoms with Crippen LogP contribution in [0, 0.1) is 5.92 Å². The van der Waals surface area contributed by atoms with Gasteiger partial charge in [-0.1, -0.05) is 13.0 Å². The number of amides is 1. The van der Waals surface area contributed by atoms with Gasteiger partial charge >= 0.3 is 5.97 Å². The molecule has 2 aromatic heterocycles. The number of nitrogens with zero attached hydrogens (tertiary/aromatic N) is 4. The largest absolute Gasteiger partial charge is 0.481 e. The van der Waals surface area contributed by atoms with E-state index in [-0.39, 0.29) is 18.2 Å². The summed E-state index contributed by atoms with van der Waals surface area (Å²) in [4.78, 5) is 37.8. The predicted octanol–water partition coefficient (Wildman–Crippen LogP) is 4.30. The molecule has 8 heteroatoms. The molecule has 7 nitrogen and oxygen atoms in total. The molecule has 176 valence electrons. The number of carbonyl (C=O) groups excluding carboxylic acids is 1. The van der Waals surface area contributed by atoms with E-state index >= 15 is 0 Å². The Morgan fingerprint density at radius 3 is 2.82 bits per heavy atom. The molecule has 0 aromatic carbocycles. The Labute approximate surface area is 199 Å². The van der Waals surface area contributed by atoms with Crippen molar-refractivity contribution in [2.45, 2.75) is 50.0 Å². The van der Waals surface area contributed by atoms with Crippen LogP contribution in [0.2, 0.25) is 0 Å². The van der Waals surface area contributed by atoms with Gasteiger partial charge in [0.25, 0.3) is 5.91 Å². The Hall–Kier alpha value is -2.61. The van der Waals surface area contributed by atoms with E-state index in [0.29, 0.717) is 24.6 Å². The van der Waals surface area contributed by atoms with E-state index < -0.39 is 5.97 Å². The Morgan fingerprint density at radius 2 is 2.06 bits per heavy atom. The van der Waals surface area contributed by atoms with Crippen LogP contribution in [0.1, 0.15) is 60.9 Å². The molecule has 2 aromatic rings. The van der Waals surface area contributed by atoms with Gasteiger partial charge in [-0.2, -0.15) is 0 Å². The van der Waals surface area contributed by atoms with Crippen molar-refractivity contribution in [3.63, 3.8) is 0 Å². The maximum absolute atomic E-state index is 13.4. The predicted molar refractivity (Wildman–Crippen MR) is 130 cm³/mol. The Morgan fingerprint density at radius 1 is 1.18 bits per heavy atom. The van der Waals surface area contributed by atoms with Gasteiger partial charge in [-0.15, -0.1) is 11.8 Å². The monoisotopic (exact) mass is 468 g/mol. The molecule has 1 unspecified atom stereocenters. The van der Waals surface area contributed by atoms with Gasteiger partial charge in [0.15, 0.2) is 0 Å². The Balaban J connectivity index is 1.50. The number of carbonyl (C=O) groups is 2. The molecule has 2 atom stereocenters. The number of carboxylic acids is 1. The number of piperidine rings is 1. The molecule has 1 amide bonds. The van der Waals surface area contributed by atoms with E-state index in [0.717, 1.165) is 55.4 Å². The van der Waals surface area contributed by atoms with E-state index in [1.807, 2.05) is 29.3 Å². The lowest BCUT2D eigenvalue weighted by Gasteiger charge is -2.33. The number of rotatable bonds is 8. The highest BCUT2D eigenvalue weighted by atomic mass is 32.2. The molecule has 2 aliphatic rings. The second-order valence-electron chi connectivity index (χ2n) is 8.95. The molecule has 0 aliphatic carbocycles. The zero-order chi connectivity index (χ0) is 23.2. The summed E-state index contributed by atoms with van der Waals surface area (Å²) in [5.41, 5.74) is 1.85. The summed E-state index contributed by atoms with van der Waals surface area (Å²) < 4.78 is 0. The lowest BCUT2D eigenvalue weighted by molar-refractivity contribution is -0.138. The molecule has 0 saturated carbocycles. The molecule has 2 aliphatic heterocycles. The van der Waals surface area contributed by atoms with E-state index in [1.165, 1.54) is 5.56 Å². The van der Waals surface area contributed by atoms with Gasteiger partial charge in [0.1, 0.15) is 10.8 Å². The van der Waals surface area contributed by atoms with Crippen molar-refractivity contribution >= 4 is 29.5 Å². The number of hydrogen-bond donors (Lipinski definition) is 1. The fraction of sp³-hybridized carbons (Fsp3) is 0.520. The van der Waals surface area contributed by atoms with Crippen molar-refractivity contribution < 1.29 is 14.7 Å². The fourth-order valence-electron chi connectivity index (χ4n) is 4.77. The third kappa shape index (κ3) is 5.85. The second kappa shape index (κ2) is 11.0. The number of likely N-dealkylation sites (tertiary alicyclic amines) is 1. The van der Waals surface area contributed by atoms with Crippen LogP contribution < -0.4 is 4.90 Å². The zero-order valence-corrected chi connectivity index (χ0v) is 20.0. The molecular weight excluding hydrogens is 436 g/mol. The average molecular weight is 469 g/mol. The van der Waals surface area contributed by atoms with Crippen molar-refractivity contribution in [1.29, 1.82) is 0 Å². The van der Waals surface area contributed by atoms with Crippen LogP contribution in [0.5, 0.6) is 0 Å². The molecule has 2 fully saturated rings. The van der Waals surface area contributed by atoms with Crippen molar-refractivity contribution in [2.75, 3.05) is 36.8 Å². The molecule has 4 heterocycles. The summed E-state index contributed by atoms with van der Waals surface area (Å²) >= 11 is 1.63. The van der Waals surface area contributed by atoms with Crippen LogP contribution in [0.4, 0.5) is 5.82 Å². The lowest BCUT2D eigenvalue weighted by Crippen LogP contribution is -2.37. The number of pyridine rings is 2. The number of aliphatic carboxylic acids is 1. The number of thioether (sulfide) groups is 1. The highest BCUT2D eigenvalue weighted by molar-refractivity contribution is 7.99. The number of carboxylic acid groups (broad SMARTS) is 1. The third-order valence-corrected chi connectivity index (χ3v) is 7.65. The first-order valence-corrected chi connectivity index (χ1v) is 12.8. The van der Waals surface area contributed by atoms with Gasteiger partial charge in [-0.3, -0.25) is 14.6 Å². The highest BCUT2D eigenvalue weighted by Crippen LogP contribution is 2.32. The standard InChI is InChI=1S/C25H32N4O3S/c1-2-13-33-24-21(25(32)29-12-9-20(17-29)19-6-3-10-26-15-19)7-8-22(27-24)28-11-4-5-18(16-28)14-23(30)31/h3,6-8,10,15,18,20H,2,4-5,9,11-14,16-17H2,1H3,(H,30,31)/t18-,20?/m0/s1. The van der Waals surface area contributed by atoms with Gasteiger partial charge in [-0.05, 0) is 61.1 Å². The first-order chi connectivity index (χ1) is 16.0. The number of hydrogen-bond acceptors (Lipinski definition) is 6. The Bertz CT molecular complexity index is 971. The van der Waals surface area contributed by atoms with E-state index in [2.05, 4.69) is 22.9 Å². The van der Waals surface area contributed by atoms with E-state index in [9.17, 15) is 14.7 Å². The summed E-state index contributed by atoms with van der Waals surface area (Å²) in [7, 11) is 0. The van der Waals surface area contributed by atoms with Crippen LogP contribution in [0.3, 0.4) is 0 Å². The minimum absolute atomic E-state index is 0.0430. The summed E-state index contributed by atoms with van der Waals surface area (Å²) in [5, 5.41) is 9.96. The van der Waals surface area contributed by atoms with Crippen LogP contribution in [0.25, 0.3) is 0 Å². The highest BCUT2D eigenvalue weighted by Gasteiger charge is 2.30. The fourth-order valence-corrected chi connectivity index (χ4v) is 5.64. The van der Waals surface area contributed by atoms with Gasteiger partial charge in [0.2, 0.25) is 0 Å². The topological polar surface area (TPSA) is 86.6 Å². The molecule has 0 bridgehead atoms. The van der Waals surface area contributed by atoms with Crippen LogP contribution in [0.15, 0.2) is 41.7 Å². The normalized spacial score (nSPS) is 20.8. The van der Waals surface area contributed by atoms with Gasteiger partial charge in [-0.25, -0.2) is 4.98 Å². The number of aromatic nitrogens is 2.